The highest BCUT2D eigenvalue weighted by Crippen LogP contribution is 2.22. The van der Waals surface area contributed by atoms with Crippen LogP contribution in [0.3, 0.4) is 0 Å². The van der Waals surface area contributed by atoms with Crippen molar-refractivity contribution >= 4 is 0 Å². The SMILES string of the molecule is Cc1ccc(-c2ccc(-c3ncc(O)cn3)cc2)nc1F. The van der Waals surface area contributed by atoms with E-state index in [1.807, 2.05) is 24.3 Å². The third-order valence-corrected chi connectivity index (χ3v) is 3.11. The van der Waals surface area contributed by atoms with Crippen molar-refractivity contribution in [3.8, 4) is 28.4 Å². The number of nitrogens with zero attached hydrogens (tertiary/aromatic N) is 3. The van der Waals surface area contributed by atoms with Gasteiger partial charge in [0.25, 0.3) is 0 Å². The predicted molar refractivity (Wildman–Crippen MR) is 77.1 cm³/mol. The van der Waals surface area contributed by atoms with Crippen molar-refractivity contribution in [2.75, 3.05) is 0 Å². The van der Waals surface area contributed by atoms with E-state index in [0.717, 1.165) is 11.1 Å². The summed E-state index contributed by atoms with van der Waals surface area (Å²) in [6.07, 6.45) is 2.68. The van der Waals surface area contributed by atoms with Crippen molar-refractivity contribution in [2.45, 2.75) is 6.92 Å². The van der Waals surface area contributed by atoms with E-state index in [4.69, 9.17) is 0 Å². The molecule has 1 aromatic carbocycles. The van der Waals surface area contributed by atoms with Gasteiger partial charge in [-0.2, -0.15) is 4.39 Å². The molecule has 3 aromatic rings. The first-order chi connectivity index (χ1) is 10.1. The Kier molecular flexibility index (Phi) is 3.31. The van der Waals surface area contributed by atoms with Gasteiger partial charge in [0.1, 0.15) is 0 Å². The third kappa shape index (κ3) is 2.72. The summed E-state index contributed by atoms with van der Waals surface area (Å²) >= 11 is 0. The molecule has 5 heteroatoms. The van der Waals surface area contributed by atoms with E-state index in [-0.39, 0.29) is 5.75 Å². The van der Waals surface area contributed by atoms with Crippen LogP contribution in [-0.2, 0) is 0 Å². The second-order valence-electron chi connectivity index (χ2n) is 4.65. The van der Waals surface area contributed by atoms with Crippen LogP contribution in [0.4, 0.5) is 4.39 Å². The zero-order chi connectivity index (χ0) is 14.8. The van der Waals surface area contributed by atoms with Gasteiger partial charge >= 0.3 is 0 Å². The molecular formula is C16H12FN3O. The van der Waals surface area contributed by atoms with Gasteiger partial charge < -0.3 is 5.11 Å². The van der Waals surface area contributed by atoms with Gasteiger partial charge in [0.15, 0.2) is 11.6 Å². The predicted octanol–water partition coefficient (Wildman–Crippen LogP) is 3.36. The molecule has 0 saturated heterocycles. The lowest BCUT2D eigenvalue weighted by molar-refractivity contribution is 0.470. The molecule has 1 N–H and O–H groups in total. The highest BCUT2D eigenvalue weighted by molar-refractivity contribution is 5.65. The number of aromatic nitrogens is 3. The Balaban J connectivity index is 1.93. The van der Waals surface area contributed by atoms with Crippen molar-refractivity contribution in [3.05, 3.63) is 60.3 Å². The van der Waals surface area contributed by atoms with Crippen LogP contribution < -0.4 is 0 Å². The summed E-state index contributed by atoms with van der Waals surface area (Å²) in [5, 5.41) is 9.18. The second kappa shape index (κ2) is 5.28. The van der Waals surface area contributed by atoms with Gasteiger partial charge in [-0.25, -0.2) is 15.0 Å². The zero-order valence-corrected chi connectivity index (χ0v) is 11.3. The number of benzene rings is 1. The Labute approximate surface area is 121 Å². The minimum absolute atomic E-state index is 0.0229. The highest BCUT2D eigenvalue weighted by Gasteiger charge is 2.06. The maximum Gasteiger partial charge on any atom is 0.216 e. The lowest BCUT2D eigenvalue weighted by atomic mass is 10.1. The molecular weight excluding hydrogens is 269 g/mol. The average molecular weight is 281 g/mol. The fourth-order valence-electron chi connectivity index (χ4n) is 1.93. The molecule has 0 atom stereocenters. The van der Waals surface area contributed by atoms with E-state index >= 15 is 0 Å². The Morgan fingerprint density at radius 2 is 1.52 bits per heavy atom. The maximum absolute atomic E-state index is 13.5. The van der Waals surface area contributed by atoms with Crippen LogP contribution in [0.25, 0.3) is 22.6 Å². The zero-order valence-electron chi connectivity index (χ0n) is 11.3. The molecule has 0 fully saturated rings. The van der Waals surface area contributed by atoms with E-state index < -0.39 is 5.95 Å². The summed E-state index contributed by atoms with van der Waals surface area (Å²) < 4.78 is 13.5. The van der Waals surface area contributed by atoms with Crippen LogP contribution in [0.15, 0.2) is 48.8 Å². The van der Waals surface area contributed by atoms with Crippen LogP contribution >= 0.6 is 0 Å². The van der Waals surface area contributed by atoms with E-state index in [0.29, 0.717) is 17.1 Å². The fraction of sp³-hybridized carbons (Fsp3) is 0.0625. The van der Waals surface area contributed by atoms with Crippen LogP contribution in [0.1, 0.15) is 5.56 Å². The Morgan fingerprint density at radius 3 is 2.14 bits per heavy atom. The van der Waals surface area contributed by atoms with Crippen molar-refractivity contribution < 1.29 is 9.50 Å². The molecule has 0 bridgehead atoms. The standard InChI is InChI=1S/C16H12FN3O/c1-10-2-7-14(20-15(10)17)11-3-5-12(6-4-11)16-18-8-13(21)9-19-16/h2-9,21H,1H3. The van der Waals surface area contributed by atoms with Crippen LogP contribution in [0, 0.1) is 12.9 Å². The minimum Gasteiger partial charge on any atom is -0.505 e. The van der Waals surface area contributed by atoms with Gasteiger partial charge in [-0.05, 0) is 13.0 Å². The smallest absolute Gasteiger partial charge is 0.216 e. The van der Waals surface area contributed by atoms with E-state index in [2.05, 4.69) is 15.0 Å². The molecule has 0 radical (unpaired) electrons. The summed E-state index contributed by atoms with van der Waals surface area (Å²) in [4.78, 5) is 12.0. The molecule has 0 saturated carbocycles. The Hall–Kier alpha value is -2.82. The summed E-state index contributed by atoms with van der Waals surface area (Å²) in [6, 6.07) is 10.8. The largest absolute Gasteiger partial charge is 0.505 e. The first-order valence-electron chi connectivity index (χ1n) is 6.38. The van der Waals surface area contributed by atoms with Gasteiger partial charge in [-0.3, -0.25) is 0 Å². The molecule has 2 heterocycles. The highest BCUT2D eigenvalue weighted by atomic mass is 19.1. The van der Waals surface area contributed by atoms with Crippen molar-refractivity contribution in [2.24, 2.45) is 0 Å². The molecule has 0 amide bonds. The van der Waals surface area contributed by atoms with E-state index in [1.54, 1.807) is 19.1 Å². The van der Waals surface area contributed by atoms with Gasteiger partial charge in [0.05, 0.1) is 18.1 Å². The number of aromatic hydroxyl groups is 1. The maximum atomic E-state index is 13.5. The first kappa shape index (κ1) is 13.2. The topological polar surface area (TPSA) is 58.9 Å². The monoisotopic (exact) mass is 281 g/mol. The number of hydrogen-bond donors (Lipinski definition) is 1. The number of pyridine rings is 1. The normalized spacial score (nSPS) is 10.6. The van der Waals surface area contributed by atoms with Crippen molar-refractivity contribution in [1.29, 1.82) is 0 Å². The van der Waals surface area contributed by atoms with Gasteiger partial charge in [-0.1, -0.05) is 30.3 Å². The molecule has 3 rings (SSSR count). The number of rotatable bonds is 2. The fourth-order valence-corrected chi connectivity index (χ4v) is 1.93. The van der Waals surface area contributed by atoms with Crippen molar-refractivity contribution in [1.82, 2.24) is 15.0 Å². The quantitative estimate of drug-likeness (QED) is 0.732. The Morgan fingerprint density at radius 1 is 0.905 bits per heavy atom. The lowest BCUT2D eigenvalue weighted by Gasteiger charge is -2.04. The molecule has 104 valence electrons. The minimum atomic E-state index is -0.460. The Bertz CT molecular complexity index is 771. The third-order valence-electron chi connectivity index (χ3n) is 3.11. The van der Waals surface area contributed by atoms with Gasteiger partial charge in [0.2, 0.25) is 5.95 Å². The number of halogens is 1. The molecule has 4 nitrogen and oxygen atoms in total. The molecule has 21 heavy (non-hydrogen) atoms. The molecule has 0 aliphatic carbocycles. The summed E-state index contributed by atoms with van der Waals surface area (Å²) in [7, 11) is 0. The molecule has 0 aliphatic rings. The van der Waals surface area contributed by atoms with Crippen molar-refractivity contribution in [3.63, 3.8) is 0 Å². The lowest BCUT2D eigenvalue weighted by Crippen LogP contribution is -1.92. The summed E-state index contributed by atoms with van der Waals surface area (Å²) in [5.41, 5.74) is 2.73. The average Bonchev–Trinajstić information content (AvgIpc) is 2.51. The number of aryl methyl sites for hydroxylation is 1. The van der Waals surface area contributed by atoms with Crippen LogP contribution in [0.5, 0.6) is 5.75 Å². The van der Waals surface area contributed by atoms with Crippen LogP contribution in [-0.4, -0.2) is 20.1 Å². The van der Waals surface area contributed by atoms with Gasteiger partial charge in [0, 0.05) is 16.7 Å². The van der Waals surface area contributed by atoms with E-state index in [9.17, 15) is 9.50 Å². The molecule has 0 unspecified atom stereocenters. The number of hydrogen-bond acceptors (Lipinski definition) is 4. The molecule has 0 spiro atoms. The summed E-state index contributed by atoms with van der Waals surface area (Å²) in [6.45, 7) is 1.68. The van der Waals surface area contributed by atoms with E-state index in [1.165, 1.54) is 12.4 Å². The first-order valence-corrected chi connectivity index (χ1v) is 6.38. The second-order valence-corrected chi connectivity index (χ2v) is 4.65. The molecule has 0 aliphatic heterocycles. The van der Waals surface area contributed by atoms with Gasteiger partial charge in [-0.15, -0.1) is 0 Å². The summed E-state index contributed by atoms with van der Waals surface area (Å²) in [5.74, 6) is 0.0792. The van der Waals surface area contributed by atoms with Crippen LogP contribution in [0.2, 0.25) is 0 Å². The molecule has 2 aromatic heterocycles.